The lowest BCUT2D eigenvalue weighted by molar-refractivity contribution is 0.586. The van der Waals surface area contributed by atoms with Crippen molar-refractivity contribution >= 4 is 9.84 Å². The third-order valence-electron chi connectivity index (χ3n) is 3.09. The van der Waals surface area contributed by atoms with Gasteiger partial charge in [-0.15, -0.1) is 0 Å². The van der Waals surface area contributed by atoms with Crippen LogP contribution in [0.5, 0.6) is 0 Å². The molecule has 0 amide bonds. The first kappa shape index (κ1) is 12.4. The summed E-state index contributed by atoms with van der Waals surface area (Å²) in [5.41, 5.74) is 6.98. The lowest BCUT2D eigenvalue weighted by atomic mass is 10.0. The van der Waals surface area contributed by atoms with Crippen molar-refractivity contribution in [3.05, 3.63) is 17.5 Å². The Morgan fingerprint density at radius 1 is 1.35 bits per heavy atom. The normalized spacial score (nSPS) is 17.5. The van der Waals surface area contributed by atoms with Gasteiger partial charge in [-0.25, -0.2) is 18.4 Å². The number of nitrogens with two attached hydrogens (primary N) is 1. The highest BCUT2D eigenvalue weighted by molar-refractivity contribution is 7.90. The van der Waals surface area contributed by atoms with E-state index in [1.807, 2.05) is 6.07 Å². The van der Waals surface area contributed by atoms with Crippen molar-refractivity contribution in [1.29, 1.82) is 0 Å². The van der Waals surface area contributed by atoms with Crippen molar-refractivity contribution in [2.75, 3.05) is 6.26 Å². The molecule has 5 nitrogen and oxygen atoms in total. The molecule has 2 rings (SSSR count). The van der Waals surface area contributed by atoms with Gasteiger partial charge in [0.05, 0.1) is 5.69 Å². The molecule has 17 heavy (non-hydrogen) atoms. The predicted molar refractivity (Wildman–Crippen MR) is 64.2 cm³/mol. The van der Waals surface area contributed by atoms with Crippen LogP contribution in [0, 0.1) is 0 Å². The first-order valence-electron chi connectivity index (χ1n) is 5.78. The van der Waals surface area contributed by atoms with Gasteiger partial charge in [0.1, 0.15) is 0 Å². The number of aromatic nitrogens is 2. The molecule has 0 aromatic carbocycles. The Hall–Kier alpha value is -1.01. The Balaban J connectivity index is 2.45. The maximum absolute atomic E-state index is 11.5. The number of nitrogens with zero attached hydrogens (tertiary/aromatic N) is 2. The molecule has 1 saturated carbocycles. The molecule has 1 heterocycles. The fourth-order valence-corrected chi connectivity index (χ4v) is 2.75. The molecule has 0 radical (unpaired) electrons. The fourth-order valence-electron chi connectivity index (χ4n) is 2.19. The van der Waals surface area contributed by atoms with Crippen molar-refractivity contribution in [2.24, 2.45) is 5.73 Å². The molecule has 0 spiro atoms. The number of hydrogen-bond donors (Lipinski definition) is 1. The number of rotatable bonds is 3. The summed E-state index contributed by atoms with van der Waals surface area (Å²) in [6.07, 6.45) is 5.64. The molecular formula is C11H17N3O2S. The van der Waals surface area contributed by atoms with Crippen LogP contribution in [0.15, 0.2) is 11.2 Å². The van der Waals surface area contributed by atoms with E-state index < -0.39 is 9.84 Å². The van der Waals surface area contributed by atoms with Crippen molar-refractivity contribution in [3.63, 3.8) is 0 Å². The minimum absolute atomic E-state index is 0.0950. The highest BCUT2D eigenvalue weighted by atomic mass is 32.2. The zero-order valence-corrected chi connectivity index (χ0v) is 10.7. The van der Waals surface area contributed by atoms with Crippen LogP contribution in [-0.4, -0.2) is 24.6 Å². The van der Waals surface area contributed by atoms with E-state index in [0.717, 1.165) is 24.8 Å². The maximum atomic E-state index is 11.5. The van der Waals surface area contributed by atoms with Gasteiger partial charge in [-0.05, 0) is 18.9 Å². The van der Waals surface area contributed by atoms with E-state index in [0.29, 0.717) is 11.6 Å². The van der Waals surface area contributed by atoms with Gasteiger partial charge in [0, 0.05) is 24.4 Å². The summed E-state index contributed by atoms with van der Waals surface area (Å²) in [4.78, 5) is 8.15. The van der Waals surface area contributed by atoms with E-state index >= 15 is 0 Å². The topological polar surface area (TPSA) is 85.9 Å². The van der Waals surface area contributed by atoms with E-state index in [1.165, 1.54) is 12.8 Å². The van der Waals surface area contributed by atoms with Gasteiger partial charge in [0.15, 0.2) is 0 Å². The molecule has 1 fully saturated rings. The molecular weight excluding hydrogens is 238 g/mol. The predicted octanol–water partition coefficient (Wildman–Crippen LogP) is 0.996. The molecule has 1 aromatic heterocycles. The Morgan fingerprint density at radius 2 is 2.00 bits per heavy atom. The summed E-state index contributed by atoms with van der Waals surface area (Å²) < 4.78 is 23.0. The van der Waals surface area contributed by atoms with Crippen LogP contribution in [0.3, 0.4) is 0 Å². The smallest absolute Gasteiger partial charge is 0.247 e. The van der Waals surface area contributed by atoms with Gasteiger partial charge in [-0.2, -0.15) is 0 Å². The third kappa shape index (κ3) is 2.81. The van der Waals surface area contributed by atoms with Gasteiger partial charge >= 0.3 is 0 Å². The summed E-state index contributed by atoms with van der Waals surface area (Å²) in [6, 6.07) is 1.84. The standard InChI is InChI=1S/C11H17N3O2S/c1-17(15,16)11-13-9(7-12)6-10(14-11)8-4-2-3-5-8/h6,8H,2-5,7,12H2,1H3. The minimum Gasteiger partial charge on any atom is -0.325 e. The molecule has 1 aromatic rings. The Kier molecular flexibility index (Phi) is 3.44. The molecule has 2 N–H and O–H groups in total. The largest absolute Gasteiger partial charge is 0.325 e. The lowest BCUT2D eigenvalue weighted by Crippen LogP contribution is -2.12. The van der Waals surface area contributed by atoms with Crippen molar-refractivity contribution in [3.8, 4) is 0 Å². The van der Waals surface area contributed by atoms with E-state index in [9.17, 15) is 8.42 Å². The van der Waals surface area contributed by atoms with E-state index in [4.69, 9.17) is 5.73 Å². The van der Waals surface area contributed by atoms with Gasteiger partial charge in [0.25, 0.3) is 0 Å². The monoisotopic (exact) mass is 255 g/mol. The van der Waals surface area contributed by atoms with Gasteiger partial charge < -0.3 is 5.73 Å². The van der Waals surface area contributed by atoms with Gasteiger partial charge in [-0.3, -0.25) is 0 Å². The van der Waals surface area contributed by atoms with Crippen LogP contribution in [0.2, 0.25) is 0 Å². The zero-order valence-electron chi connectivity index (χ0n) is 9.89. The molecule has 0 saturated heterocycles. The molecule has 0 aliphatic heterocycles. The molecule has 0 bridgehead atoms. The lowest BCUT2D eigenvalue weighted by Gasteiger charge is -2.11. The van der Waals surface area contributed by atoms with Crippen LogP contribution in [0.1, 0.15) is 43.0 Å². The van der Waals surface area contributed by atoms with Crippen LogP contribution in [0.4, 0.5) is 0 Å². The number of sulfone groups is 1. The molecule has 94 valence electrons. The average molecular weight is 255 g/mol. The second-order valence-corrected chi connectivity index (χ2v) is 6.43. The molecule has 0 unspecified atom stereocenters. The van der Waals surface area contributed by atoms with Crippen molar-refractivity contribution in [1.82, 2.24) is 9.97 Å². The third-order valence-corrected chi connectivity index (χ3v) is 3.94. The average Bonchev–Trinajstić information content (AvgIpc) is 2.80. The van der Waals surface area contributed by atoms with E-state index in [-0.39, 0.29) is 11.7 Å². The first-order chi connectivity index (χ1) is 8.00. The SMILES string of the molecule is CS(=O)(=O)c1nc(CN)cc(C2CCCC2)n1. The van der Waals surface area contributed by atoms with Crippen LogP contribution < -0.4 is 5.73 Å². The van der Waals surface area contributed by atoms with E-state index in [2.05, 4.69) is 9.97 Å². The Morgan fingerprint density at radius 3 is 2.53 bits per heavy atom. The second kappa shape index (κ2) is 4.70. The summed E-state index contributed by atoms with van der Waals surface area (Å²) >= 11 is 0. The summed E-state index contributed by atoms with van der Waals surface area (Å²) in [5, 5.41) is -0.0950. The highest BCUT2D eigenvalue weighted by Crippen LogP contribution is 2.33. The van der Waals surface area contributed by atoms with Crippen molar-refractivity contribution in [2.45, 2.75) is 43.3 Å². The second-order valence-electron chi connectivity index (χ2n) is 4.52. The zero-order chi connectivity index (χ0) is 12.5. The van der Waals surface area contributed by atoms with Gasteiger partial charge in [0.2, 0.25) is 15.0 Å². The van der Waals surface area contributed by atoms with Crippen LogP contribution in [-0.2, 0) is 16.4 Å². The highest BCUT2D eigenvalue weighted by Gasteiger charge is 2.22. The van der Waals surface area contributed by atoms with Crippen LogP contribution >= 0.6 is 0 Å². The molecule has 0 atom stereocenters. The Bertz CT molecular complexity index is 507. The first-order valence-corrected chi connectivity index (χ1v) is 7.68. The minimum atomic E-state index is -3.37. The quantitative estimate of drug-likeness (QED) is 0.814. The van der Waals surface area contributed by atoms with E-state index in [1.54, 1.807) is 0 Å². The summed E-state index contributed by atoms with van der Waals surface area (Å²) in [7, 11) is -3.37. The van der Waals surface area contributed by atoms with Crippen LogP contribution in [0.25, 0.3) is 0 Å². The fraction of sp³-hybridized carbons (Fsp3) is 0.636. The summed E-state index contributed by atoms with van der Waals surface area (Å²) in [5.74, 6) is 0.365. The van der Waals surface area contributed by atoms with Crippen molar-refractivity contribution < 1.29 is 8.42 Å². The number of hydrogen-bond acceptors (Lipinski definition) is 5. The maximum Gasteiger partial charge on any atom is 0.247 e. The Labute approximate surface area is 101 Å². The van der Waals surface area contributed by atoms with Gasteiger partial charge in [-0.1, -0.05) is 12.8 Å². The molecule has 1 aliphatic carbocycles. The molecule has 1 aliphatic rings. The summed E-state index contributed by atoms with van der Waals surface area (Å²) in [6.45, 7) is 0.241. The molecule has 6 heteroatoms.